The number of hydrogen-bond acceptors (Lipinski definition) is 5. The summed E-state index contributed by atoms with van der Waals surface area (Å²) in [5.41, 5.74) is 2.40. The molecule has 4 aliphatic rings. The molecule has 0 spiro atoms. The minimum atomic E-state index is -0.709. The van der Waals surface area contributed by atoms with Crippen LogP contribution in [0.2, 0.25) is 0 Å². The van der Waals surface area contributed by atoms with Crippen LogP contribution in [0.5, 0.6) is 0 Å². The molecule has 1 aliphatic carbocycles. The van der Waals surface area contributed by atoms with Crippen LogP contribution in [0.4, 0.5) is 4.39 Å². The number of alkyl halides is 1. The lowest BCUT2D eigenvalue weighted by Gasteiger charge is -2.37. The second-order valence-corrected chi connectivity index (χ2v) is 10.1. The first-order valence-corrected chi connectivity index (χ1v) is 12.8. The summed E-state index contributed by atoms with van der Waals surface area (Å²) in [6.07, 6.45) is 7.85. The standard InChI is InChI=1S/C25H44FN5/c1-22-21-31(15-8-27-25-7-6-23(26)20-24(22)25)14-5-13-30-18-16-29(17-19-30)12-4-11-28-9-2-3-10-28/h7,23-24,27H,1-6,8-21H2. The molecular weight excluding hydrogens is 389 g/mol. The third-order valence-corrected chi connectivity index (χ3v) is 7.70. The van der Waals surface area contributed by atoms with E-state index in [1.807, 2.05) is 0 Å². The van der Waals surface area contributed by atoms with Gasteiger partial charge in [0.25, 0.3) is 0 Å². The van der Waals surface area contributed by atoms with Gasteiger partial charge in [0.2, 0.25) is 0 Å². The van der Waals surface area contributed by atoms with Crippen LogP contribution in [0.1, 0.15) is 38.5 Å². The normalized spacial score (nSPS) is 29.8. The maximum absolute atomic E-state index is 13.9. The molecular formula is C25H44FN5. The summed E-state index contributed by atoms with van der Waals surface area (Å²) in [4.78, 5) is 10.5. The van der Waals surface area contributed by atoms with Gasteiger partial charge in [0, 0.05) is 57.4 Å². The van der Waals surface area contributed by atoms with Gasteiger partial charge >= 0.3 is 0 Å². The summed E-state index contributed by atoms with van der Waals surface area (Å²) in [6, 6.07) is 0. The molecule has 3 heterocycles. The highest BCUT2D eigenvalue weighted by Gasteiger charge is 2.28. The smallest absolute Gasteiger partial charge is 0.105 e. The van der Waals surface area contributed by atoms with Crippen LogP contribution < -0.4 is 5.32 Å². The molecule has 3 aliphatic heterocycles. The van der Waals surface area contributed by atoms with Crippen LogP contribution in [0.3, 0.4) is 0 Å². The van der Waals surface area contributed by atoms with Gasteiger partial charge in [-0.3, -0.25) is 4.90 Å². The zero-order valence-corrected chi connectivity index (χ0v) is 19.5. The number of nitrogens with zero attached hydrogens (tertiary/aromatic N) is 4. The van der Waals surface area contributed by atoms with E-state index in [4.69, 9.17) is 0 Å². The average Bonchev–Trinajstić information content (AvgIpc) is 3.28. The van der Waals surface area contributed by atoms with Crippen molar-refractivity contribution in [1.29, 1.82) is 0 Å². The van der Waals surface area contributed by atoms with Crippen LogP contribution in [0.25, 0.3) is 0 Å². The molecule has 1 N–H and O–H groups in total. The van der Waals surface area contributed by atoms with Crippen molar-refractivity contribution >= 4 is 0 Å². The predicted molar refractivity (Wildman–Crippen MR) is 127 cm³/mol. The van der Waals surface area contributed by atoms with Crippen LogP contribution in [0.15, 0.2) is 23.9 Å². The van der Waals surface area contributed by atoms with Gasteiger partial charge in [-0.05, 0) is 77.8 Å². The Morgan fingerprint density at radius 3 is 2.06 bits per heavy atom. The minimum Gasteiger partial charge on any atom is -0.387 e. The molecule has 2 atom stereocenters. The van der Waals surface area contributed by atoms with Crippen molar-refractivity contribution in [3.63, 3.8) is 0 Å². The molecule has 4 rings (SSSR count). The molecule has 0 aromatic heterocycles. The average molecular weight is 434 g/mol. The fraction of sp³-hybridized carbons (Fsp3) is 0.840. The topological polar surface area (TPSA) is 25.0 Å². The third-order valence-electron chi connectivity index (χ3n) is 7.70. The predicted octanol–water partition coefficient (Wildman–Crippen LogP) is 2.57. The second-order valence-electron chi connectivity index (χ2n) is 10.1. The van der Waals surface area contributed by atoms with Gasteiger partial charge < -0.3 is 20.0 Å². The zero-order valence-electron chi connectivity index (χ0n) is 19.5. The number of fused-ring (bicyclic) bond motifs is 1. The number of rotatable bonds is 8. The Hall–Kier alpha value is -0.950. The molecule has 0 radical (unpaired) electrons. The molecule has 0 aromatic carbocycles. The zero-order chi connectivity index (χ0) is 21.5. The van der Waals surface area contributed by atoms with Gasteiger partial charge in [0.15, 0.2) is 0 Å². The third kappa shape index (κ3) is 7.01. The molecule has 2 unspecified atom stereocenters. The first-order valence-electron chi connectivity index (χ1n) is 12.8. The number of nitrogens with one attached hydrogen (secondary N) is 1. The summed E-state index contributed by atoms with van der Waals surface area (Å²) in [5, 5.41) is 3.56. The van der Waals surface area contributed by atoms with Gasteiger partial charge in [0.1, 0.15) is 6.17 Å². The van der Waals surface area contributed by atoms with E-state index in [-0.39, 0.29) is 5.92 Å². The van der Waals surface area contributed by atoms with E-state index in [2.05, 4.69) is 37.6 Å². The SMILES string of the molecule is C=C1CN(CCCN2CCN(CCCN3CCCC3)CC2)CCNC2=CCC(F)CC12. The molecule has 0 aromatic rings. The van der Waals surface area contributed by atoms with Crippen LogP contribution >= 0.6 is 0 Å². The van der Waals surface area contributed by atoms with Gasteiger partial charge in [-0.1, -0.05) is 18.2 Å². The van der Waals surface area contributed by atoms with E-state index in [0.717, 1.165) is 26.2 Å². The number of hydrogen-bond donors (Lipinski definition) is 1. The van der Waals surface area contributed by atoms with Gasteiger partial charge in [-0.25, -0.2) is 4.39 Å². The summed E-state index contributed by atoms with van der Waals surface area (Å²) in [7, 11) is 0. The first-order chi connectivity index (χ1) is 15.2. The van der Waals surface area contributed by atoms with E-state index < -0.39 is 6.17 Å². The first kappa shape index (κ1) is 23.2. The van der Waals surface area contributed by atoms with Crippen molar-refractivity contribution in [1.82, 2.24) is 24.9 Å². The fourth-order valence-electron chi connectivity index (χ4n) is 5.76. The maximum atomic E-state index is 13.9. The van der Waals surface area contributed by atoms with Crippen molar-refractivity contribution in [3.8, 4) is 0 Å². The lowest BCUT2D eigenvalue weighted by Crippen LogP contribution is -2.47. The number of allylic oxidation sites excluding steroid dienone is 2. The van der Waals surface area contributed by atoms with Crippen LogP contribution in [-0.2, 0) is 0 Å². The number of piperazine rings is 1. The Kier molecular flexibility index (Phi) is 8.82. The van der Waals surface area contributed by atoms with E-state index in [1.165, 1.54) is 95.9 Å². The van der Waals surface area contributed by atoms with Crippen molar-refractivity contribution in [3.05, 3.63) is 23.9 Å². The molecule has 3 saturated heterocycles. The van der Waals surface area contributed by atoms with E-state index in [1.54, 1.807) is 0 Å². The largest absolute Gasteiger partial charge is 0.387 e. The molecule has 31 heavy (non-hydrogen) atoms. The molecule has 5 nitrogen and oxygen atoms in total. The summed E-state index contributed by atoms with van der Waals surface area (Å²) in [6.45, 7) is 19.7. The Morgan fingerprint density at radius 1 is 0.839 bits per heavy atom. The number of halogens is 1. The summed E-state index contributed by atoms with van der Waals surface area (Å²) in [5.74, 6) is 0.185. The monoisotopic (exact) mass is 433 g/mol. The van der Waals surface area contributed by atoms with Gasteiger partial charge in [0.05, 0.1) is 0 Å². The fourth-order valence-corrected chi connectivity index (χ4v) is 5.76. The Morgan fingerprint density at radius 2 is 1.42 bits per heavy atom. The van der Waals surface area contributed by atoms with Gasteiger partial charge in [-0.15, -0.1) is 0 Å². The van der Waals surface area contributed by atoms with E-state index in [0.29, 0.717) is 12.8 Å². The van der Waals surface area contributed by atoms with Crippen molar-refractivity contribution in [2.75, 3.05) is 85.1 Å². The molecule has 3 fully saturated rings. The number of likely N-dealkylation sites (tertiary alicyclic amines) is 1. The van der Waals surface area contributed by atoms with Crippen LogP contribution in [0, 0.1) is 5.92 Å². The lowest BCUT2D eigenvalue weighted by atomic mass is 9.85. The molecule has 0 saturated carbocycles. The molecule has 0 bridgehead atoms. The molecule has 176 valence electrons. The van der Waals surface area contributed by atoms with Crippen LogP contribution in [-0.4, -0.2) is 111 Å². The molecule has 0 amide bonds. The quantitative estimate of drug-likeness (QED) is 0.594. The highest BCUT2D eigenvalue weighted by atomic mass is 19.1. The maximum Gasteiger partial charge on any atom is 0.105 e. The van der Waals surface area contributed by atoms with E-state index >= 15 is 0 Å². The summed E-state index contributed by atoms with van der Waals surface area (Å²) >= 11 is 0. The summed E-state index contributed by atoms with van der Waals surface area (Å²) < 4.78 is 13.9. The minimum absolute atomic E-state index is 0.185. The van der Waals surface area contributed by atoms with Gasteiger partial charge in [-0.2, -0.15) is 0 Å². The molecule has 6 heteroatoms. The Bertz CT molecular complexity index is 595. The lowest BCUT2D eigenvalue weighted by molar-refractivity contribution is 0.123. The highest BCUT2D eigenvalue weighted by molar-refractivity contribution is 5.23. The van der Waals surface area contributed by atoms with Crippen molar-refractivity contribution < 1.29 is 4.39 Å². The van der Waals surface area contributed by atoms with Crippen molar-refractivity contribution in [2.45, 2.75) is 44.7 Å². The van der Waals surface area contributed by atoms with E-state index in [9.17, 15) is 4.39 Å². The second kappa shape index (κ2) is 11.8. The Balaban J connectivity index is 1.10. The Labute approximate surface area is 189 Å². The van der Waals surface area contributed by atoms with Crippen molar-refractivity contribution in [2.24, 2.45) is 5.92 Å². The highest BCUT2D eigenvalue weighted by Crippen LogP contribution is 2.31.